The molecular weight excluding hydrogens is 387 g/mol. The number of hydrogen-bond acceptors (Lipinski definition) is 4. The van der Waals surface area contributed by atoms with Gasteiger partial charge in [-0.3, -0.25) is 14.4 Å². The molecule has 8 heteroatoms. The van der Waals surface area contributed by atoms with Gasteiger partial charge in [0, 0.05) is 24.0 Å². The molecule has 0 atom stereocenters. The lowest BCUT2D eigenvalue weighted by Gasteiger charge is -2.17. The summed E-state index contributed by atoms with van der Waals surface area (Å²) < 4.78 is 14.6. The Balaban J connectivity index is 1.52. The van der Waals surface area contributed by atoms with Crippen molar-refractivity contribution in [2.45, 2.75) is 19.9 Å². The van der Waals surface area contributed by atoms with Crippen LogP contribution in [0.25, 0.3) is 0 Å². The van der Waals surface area contributed by atoms with Crippen molar-refractivity contribution in [3.05, 3.63) is 87.6 Å². The molecule has 0 spiro atoms. The highest BCUT2D eigenvalue weighted by Gasteiger charge is 2.26. The van der Waals surface area contributed by atoms with E-state index in [1.165, 1.54) is 18.2 Å². The number of para-hydroxylation sites is 1. The first-order chi connectivity index (χ1) is 14.4. The maximum Gasteiger partial charge on any atom is 0.278 e. The van der Waals surface area contributed by atoms with Crippen LogP contribution in [0.4, 0.5) is 15.8 Å². The fourth-order valence-electron chi connectivity index (χ4n) is 3.37. The Bertz CT molecular complexity index is 1200. The molecule has 152 valence electrons. The molecule has 2 aromatic carbocycles. The van der Waals surface area contributed by atoms with Crippen molar-refractivity contribution in [2.75, 3.05) is 16.8 Å². The first kappa shape index (κ1) is 19.5. The predicted octanol–water partition coefficient (Wildman–Crippen LogP) is 2.53. The SMILES string of the molecule is Cc1ccc(NC(=O)Cn2nc(C(=O)N3CCc4ccccc43)ccc2=O)cc1F. The molecule has 0 saturated carbocycles. The van der Waals surface area contributed by atoms with E-state index < -0.39 is 23.8 Å². The second-order valence-electron chi connectivity index (χ2n) is 7.06. The van der Waals surface area contributed by atoms with E-state index >= 15 is 0 Å². The van der Waals surface area contributed by atoms with Gasteiger partial charge in [0.05, 0.1) is 0 Å². The quantitative estimate of drug-likeness (QED) is 0.722. The second-order valence-corrected chi connectivity index (χ2v) is 7.06. The Morgan fingerprint density at radius 1 is 1.13 bits per heavy atom. The predicted molar refractivity (Wildman–Crippen MR) is 110 cm³/mol. The fourth-order valence-corrected chi connectivity index (χ4v) is 3.37. The van der Waals surface area contributed by atoms with Crippen molar-refractivity contribution in [3.8, 4) is 0 Å². The standard InChI is InChI=1S/C22H19FN4O3/c1-14-6-7-16(12-17(14)23)24-20(28)13-27-21(29)9-8-18(25-27)22(30)26-11-10-15-4-2-3-5-19(15)26/h2-9,12H,10-11,13H2,1H3,(H,24,28). The minimum absolute atomic E-state index is 0.0699. The number of nitrogens with one attached hydrogen (secondary N) is 1. The Labute approximate surface area is 171 Å². The van der Waals surface area contributed by atoms with Crippen molar-refractivity contribution < 1.29 is 14.0 Å². The Hall–Kier alpha value is -3.81. The average molecular weight is 406 g/mol. The molecule has 1 N–H and O–H groups in total. The van der Waals surface area contributed by atoms with Gasteiger partial charge in [-0.1, -0.05) is 24.3 Å². The van der Waals surface area contributed by atoms with Gasteiger partial charge in [0.1, 0.15) is 18.1 Å². The van der Waals surface area contributed by atoms with Crippen molar-refractivity contribution >= 4 is 23.2 Å². The van der Waals surface area contributed by atoms with Crippen molar-refractivity contribution in [1.82, 2.24) is 9.78 Å². The summed E-state index contributed by atoms with van der Waals surface area (Å²) in [7, 11) is 0. The Morgan fingerprint density at radius 3 is 2.73 bits per heavy atom. The van der Waals surface area contributed by atoms with Crippen LogP contribution in [-0.4, -0.2) is 28.1 Å². The molecule has 1 aliphatic rings. The highest BCUT2D eigenvalue weighted by Crippen LogP contribution is 2.28. The first-order valence-electron chi connectivity index (χ1n) is 9.46. The molecule has 1 aliphatic heterocycles. The monoisotopic (exact) mass is 406 g/mol. The van der Waals surface area contributed by atoms with E-state index in [-0.39, 0.29) is 17.3 Å². The van der Waals surface area contributed by atoms with Gasteiger partial charge in [0.25, 0.3) is 11.5 Å². The average Bonchev–Trinajstić information content (AvgIpc) is 3.16. The summed E-state index contributed by atoms with van der Waals surface area (Å²) in [6.07, 6.45) is 0.747. The summed E-state index contributed by atoms with van der Waals surface area (Å²) in [5, 5.41) is 6.61. The molecule has 2 heterocycles. The molecule has 0 radical (unpaired) electrons. The van der Waals surface area contributed by atoms with Crippen molar-refractivity contribution in [2.24, 2.45) is 0 Å². The van der Waals surface area contributed by atoms with Gasteiger partial charge in [-0.2, -0.15) is 5.10 Å². The van der Waals surface area contributed by atoms with Gasteiger partial charge in [-0.05, 0) is 48.7 Å². The number of carbonyl (C=O) groups excluding carboxylic acids is 2. The fraction of sp³-hybridized carbons (Fsp3) is 0.182. The minimum Gasteiger partial charge on any atom is -0.324 e. The number of hydrogen-bond donors (Lipinski definition) is 1. The van der Waals surface area contributed by atoms with Gasteiger partial charge in [0.2, 0.25) is 5.91 Å². The minimum atomic E-state index is -0.552. The number of amides is 2. The van der Waals surface area contributed by atoms with E-state index in [4.69, 9.17) is 0 Å². The topological polar surface area (TPSA) is 84.3 Å². The molecule has 0 unspecified atom stereocenters. The number of nitrogens with zero attached hydrogens (tertiary/aromatic N) is 3. The zero-order chi connectivity index (χ0) is 21.3. The smallest absolute Gasteiger partial charge is 0.278 e. The van der Waals surface area contributed by atoms with Crippen LogP contribution in [-0.2, 0) is 17.8 Å². The van der Waals surface area contributed by atoms with Gasteiger partial charge in [-0.25, -0.2) is 9.07 Å². The summed E-state index contributed by atoms with van der Waals surface area (Å²) in [5.41, 5.74) is 2.18. The lowest BCUT2D eigenvalue weighted by molar-refractivity contribution is -0.117. The largest absolute Gasteiger partial charge is 0.324 e. The van der Waals surface area contributed by atoms with Crippen LogP contribution in [0.2, 0.25) is 0 Å². The molecule has 4 rings (SSSR count). The summed E-state index contributed by atoms with van der Waals surface area (Å²) in [6.45, 7) is 1.75. The maximum absolute atomic E-state index is 13.7. The van der Waals surface area contributed by atoms with Gasteiger partial charge in [-0.15, -0.1) is 0 Å². The number of fused-ring (bicyclic) bond motifs is 1. The number of aromatic nitrogens is 2. The van der Waals surface area contributed by atoms with Gasteiger partial charge in [0.15, 0.2) is 0 Å². The molecule has 0 saturated heterocycles. The molecule has 2 amide bonds. The van der Waals surface area contributed by atoms with Crippen LogP contribution in [0, 0.1) is 12.7 Å². The number of carbonyl (C=O) groups is 2. The van der Waals surface area contributed by atoms with Crippen LogP contribution in [0.1, 0.15) is 21.6 Å². The summed E-state index contributed by atoms with van der Waals surface area (Å²) in [5.74, 6) is -1.33. The highest BCUT2D eigenvalue weighted by atomic mass is 19.1. The van der Waals surface area contributed by atoms with Gasteiger partial charge < -0.3 is 10.2 Å². The van der Waals surface area contributed by atoms with Crippen LogP contribution in [0.15, 0.2) is 59.4 Å². The third-order valence-electron chi connectivity index (χ3n) is 4.97. The van der Waals surface area contributed by atoms with E-state index in [0.717, 1.165) is 22.4 Å². The number of rotatable bonds is 4. The molecular formula is C22H19FN4O3. The lowest BCUT2D eigenvalue weighted by Crippen LogP contribution is -2.34. The van der Waals surface area contributed by atoms with E-state index in [1.54, 1.807) is 24.0 Å². The van der Waals surface area contributed by atoms with E-state index in [2.05, 4.69) is 10.4 Å². The Kier molecular flexibility index (Phi) is 5.14. The van der Waals surface area contributed by atoms with Crippen molar-refractivity contribution in [1.29, 1.82) is 0 Å². The van der Waals surface area contributed by atoms with Crippen molar-refractivity contribution in [3.63, 3.8) is 0 Å². The third kappa shape index (κ3) is 3.84. The number of halogens is 1. The summed E-state index contributed by atoms with van der Waals surface area (Å²) in [4.78, 5) is 39.0. The highest BCUT2D eigenvalue weighted by molar-refractivity contribution is 6.06. The molecule has 30 heavy (non-hydrogen) atoms. The maximum atomic E-state index is 13.7. The summed E-state index contributed by atoms with van der Waals surface area (Å²) in [6, 6.07) is 14.5. The normalized spacial score (nSPS) is 12.5. The van der Waals surface area contributed by atoms with Crippen LogP contribution < -0.4 is 15.8 Å². The zero-order valence-corrected chi connectivity index (χ0v) is 16.3. The molecule has 0 fully saturated rings. The molecule has 0 bridgehead atoms. The Morgan fingerprint density at radius 2 is 1.93 bits per heavy atom. The van der Waals surface area contributed by atoms with Gasteiger partial charge >= 0.3 is 0 Å². The van der Waals surface area contributed by atoms with Crippen LogP contribution in [0.3, 0.4) is 0 Å². The lowest BCUT2D eigenvalue weighted by atomic mass is 10.2. The number of benzene rings is 2. The summed E-state index contributed by atoms with van der Waals surface area (Å²) >= 11 is 0. The second kappa shape index (κ2) is 7.90. The molecule has 1 aromatic heterocycles. The molecule has 0 aliphatic carbocycles. The molecule has 7 nitrogen and oxygen atoms in total. The van der Waals surface area contributed by atoms with E-state index in [1.807, 2.05) is 24.3 Å². The van der Waals surface area contributed by atoms with E-state index in [0.29, 0.717) is 12.1 Å². The van der Waals surface area contributed by atoms with Crippen LogP contribution in [0.5, 0.6) is 0 Å². The number of aryl methyl sites for hydroxylation is 1. The number of anilines is 2. The van der Waals surface area contributed by atoms with Crippen LogP contribution >= 0.6 is 0 Å². The van der Waals surface area contributed by atoms with E-state index in [9.17, 15) is 18.8 Å². The first-order valence-corrected chi connectivity index (χ1v) is 9.46. The third-order valence-corrected chi connectivity index (χ3v) is 4.97. The zero-order valence-electron chi connectivity index (χ0n) is 16.3. The molecule has 3 aromatic rings.